The third kappa shape index (κ3) is 5.05. The quantitative estimate of drug-likeness (QED) is 0.595. The summed E-state index contributed by atoms with van der Waals surface area (Å²) in [6, 6.07) is -1.62. The lowest BCUT2D eigenvalue weighted by atomic mass is 9.97. The maximum absolute atomic E-state index is 14.3. The van der Waals surface area contributed by atoms with Crippen LogP contribution in [0.5, 0.6) is 0 Å². The Labute approximate surface area is 128 Å². The van der Waals surface area contributed by atoms with E-state index in [9.17, 15) is 31.9 Å². The summed E-state index contributed by atoms with van der Waals surface area (Å²) in [5, 5.41) is 1.52. The molecule has 0 unspecified atom stereocenters. The number of nitrogens with one attached hydrogen (secondary N) is 1. The van der Waals surface area contributed by atoms with Gasteiger partial charge in [0.2, 0.25) is 12.5 Å². The number of halogens is 4. The summed E-state index contributed by atoms with van der Waals surface area (Å²) in [7, 11) is 0. The maximum atomic E-state index is 14.3. The van der Waals surface area contributed by atoms with E-state index in [-0.39, 0.29) is 0 Å². The Balaban J connectivity index is 3.00. The first-order chi connectivity index (χ1) is 10.4. The molecule has 0 spiro atoms. The van der Waals surface area contributed by atoms with E-state index in [1.165, 1.54) is 12.2 Å². The van der Waals surface area contributed by atoms with Crippen LogP contribution in [0.25, 0.3) is 0 Å². The van der Waals surface area contributed by atoms with Crippen molar-refractivity contribution in [3.05, 3.63) is 0 Å². The molecule has 1 rings (SSSR count). The lowest BCUT2D eigenvalue weighted by Gasteiger charge is -2.41. The predicted molar refractivity (Wildman–Crippen MR) is 64.5 cm³/mol. The van der Waals surface area contributed by atoms with Crippen molar-refractivity contribution in [1.29, 1.82) is 0 Å². The smallest absolute Gasteiger partial charge is 0.457 e. The predicted octanol–water partition coefficient (Wildman–Crippen LogP) is 0.611. The van der Waals surface area contributed by atoms with Gasteiger partial charge in [-0.3, -0.25) is 14.4 Å². The third-order valence-corrected chi connectivity index (χ3v) is 2.92. The van der Waals surface area contributed by atoms with Crippen LogP contribution in [-0.4, -0.2) is 54.7 Å². The van der Waals surface area contributed by atoms with Gasteiger partial charge in [-0.15, -0.1) is 0 Å². The summed E-state index contributed by atoms with van der Waals surface area (Å²) in [6.45, 7) is 3.09. The highest BCUT2D eigenvalue weighted by Crippen LogP contribution is 2.28. The van der Waals surface area contributed by atoms with Crippen molar-refractivity contribution in [1.82, 2.24) is 5.32 Å². The maximum Gasteiger partial charge on any atom is 0.471 e. The average molecular weight is 345 g/mol. The molecule has 1 fully saturated rings. The van der Waals surface area contributed by atoms with Crippen LogP contribution in [0.4, 0.5) is 17.6 Å². The molecule has 0 bridgehead atoms. The molecule has 132 valence electrons. The molecule has 5 atom stereocenters. The topological polar surface area (TPSA) is 90.9 Å². The molecule has 0 aliphatic carbocycles. The van der Waals surface area contributed by atoms with Crippen molar-refractivity contribution in [2.75, 3.05) is 0 Å². The number of esters is 2. The molecule has 0 saturated carbocycles. The number of carbonyl (C=O) groups excluding carboxylic acids is 3. The molecule has 1 heterocycles. The van der Waals surface area contributed by atoms with Crippen molar-refractivity contribution in [3.63, 3.8) is 0 Å². The van der Waals surface area contributed by atoms with Crippen LogP contribution in [0.15, 0.2) is 0 Å². The van der Waals surface area contributed by atoms with Gasteiger partial charge in [0.15, 0.2) is 6.10 Å². The van der Waals surface area contributed by atoms with Crippen molar-refractivity contribution in [2.45, 2.75) is 57.7 Å². The third-order valence-electron chi connectivity index (χ3n) is 2.92. The molecular weight excluding hydrogens is 330 g/mol. The summed E-state index contributed by atoms with van der Waals surface area (Å²) < 4.78 is 65.5. The Kier molecular flexibility index (Phi) is 5.92. The fourth-order valence-corrected chi connectivity index (χ4v) is 2.01. The zero-order valence-electron chi connectivity index (χ0n) is 12.3. The molecule has 1 amide bonds. The van der Waals surface area contributed by atoms with E-state index in [1.807, 2.05) is 0 Å². The number of rotatable bonds is 3. The zero-order valence-corrected chi connectivity index (χ0v) is 12.3. The number of carbonyl (C=O) groups is 3. The minimum atomic E-state index is -5.21. The van der Waals surface area contributed by atoms with E-state index >= 15 is 0 Å². The molecule has 1 aliphatic heterocycles. The number of hydrogen-bond acceptors (Lipinski definition) is 6. The summed E-state index contributed by atoms with van der Waals surface area (Å²) >= 11 is 0. The molecule has 0 aromatic heterocycles. The largest absolute Gasteiger partial charge is 0.471 e. The Morgan fingerprint density at radius 3 is 2.04 bits per heavy atom. The van der Waals surface area contributed by atoms with Crippen molar-refractivity contribution in [2.24, 2.45) is 0 Å². The van der Waals surface area contributed by atoms with Crippen LogP contribution in [0.2, 0.25) is 0 Å². The average Bonchev–Trinajstić information content (AvgIpc) is 2.37. The summed E-state index contributed by atoms with van der Waals surface area (Å²) in [4.78, 5) is 33.0. The van der Waals surface area contributed by atoms with E-state index in [2.05, 4.69) is 9.47 Å². The number of hydrogen-bond donors (Lipinski definition) is 1. The monoisotopic (exact) mass is 345 g/mol. The molecule has 23 heavy (non-hydrogen) atoms. The standard InChI is InChI=1S/C12H15F4NO6/c1-4-8(17-11(20)12(14,15)16)9(22-5(2)18)7(13)10(21-4)23-6(3)19/h4,7-10H,1-3H3,(H,17,20)/t4-,7+,8+,9-,10-/m0/s1. The minimum Gasteiger partial charge on any atom is -0.457 e. The SMILES string of the molecule is CC(=O)O[C@@H]1O[C@@H](C)[C@@H](NC(=O)C(F)(F)F)[C@@H](OC(C)=O)[C@H]1F. The van der Waals surface area contributed by atoms with Crippen LogP contribution in [0.3, 0.4) is 0 Å². The molecule has 1 aliphatic rings. The minimum absolute atomic E-state index is 0.899. The molecule has 0 radical (unpaired) electrons. The van der Waals surface area contributed by atoms with Gasteiger partial charge in [-0.25, -0.2) is 4.39 Å². The second-order valence-electron chi connectivity index (χ2n) is 4.83. The number of alkyl halides is 4. The lowest BCUT2D eigenvalue weighted by Crippen LogP contribution is -2.64. The van der Waals surface area contributed by atoms with E-state index in [0.29, 0.717) is 0 Å². The second-order valence-corrected chi connectivity index (χ2v) is 4.83. The molecule has 1 saturated heterocycles. The van der Waals surface area contributed by atoms with Gasteiger partial charge in [-0.1, -0.05) is 0 Å². The lowest BCUT2D eigenvalue weighted by molar-refractivity contribution is -0.253. The highest BCUT2D eigenvalue weighted by molar-refractivity contribution is 5.82. The van der Waals surface area contributed by atoms with Gasteiger partial charge in [0.25, 0.3) is 0 Å². The molecule has 7 nitrogen and oxygen atoms in total. The highest BCUT2D eigenvalue weighted by atomic mass is 19.4. The summed E-state index contributed by atoms with van der Waals surface area (Å²) in [6.07, 6.45) is -12.3. The highest BCUT2D eigenvalue weighted by Gasteiger charge is 2.51. The van der Waals surface area contributed by atoms with Gasteiger partial charge >= 0.3 is 24.0 Å². The second kappa shape index (κ2) is 7.11. The van der Waals surface area contributed by atoms with Crippen LogP contribution in [0.1, 0.15) is 20.8 Å². The van der Waals surface area contributed by atoms with Crippen LogP contribution in [0, 0.1) is 0 Å². The first kappa shape index (κ1) is 19.1. The number of ether oxygens (including phenoxy) is 3. The zero-order chi connectivity index (χ0) is 17.9. The van der Waals surface area contributed by atoms with Crippen LogP contribution in [-0.2, 0) is 28.6 Å². The van der Waals surface area contributed by atoms with E-state index in [4.69, 9.17) is 4.74 Å². The van der Waals surface area contributed by atoms with Crippen molar-refractivity contribution < 1.29 is 46.2 Å². The molecular formula is C12H15F4NO6. The molecule has 1 N–H and O–H groups in total. The normalized spacial score (nSPS) is 31.2. The summed E-state index contributed by atoms with van der Waals surface area (Å²) in [5.41, 5.74) is 0. The first-order valence-electron chi connectivity index (χ1n) is 6.45. The first-order valence-corrected chi connectivity index (χ1v) is 6.45. The Morgan fingerprint density at radius 2 is 1.61 bits per heavy atom. The van der Waals surface area contributed by atoms with Crippen LogP contribution < -0.4 is 5.32 Å². The fourth-order valence-electron chi connectivity index (χ4n) is 2.01. The van der Waals surface area contributed by atoms with Gasteiger partial charge < -0.3 is 19.5 Å². The van der Waals surface area contributed by atoms with Gasteiger partial charge in [-0.05, 0) is 6.92 Å². The van der Waals surface area contributed by atoms with Gasteiger partial charge in [-0.2, -0.15) is 13.2 Å². The summed E-state index contributed by atoms with van der Waals surface area (Å²) in [5.74, 6) is -4.22. The Hall–Kier alpha value is -1.91. The van der Waals surface area contributed by atoms with E-state index in [1.54, 1.807) is 0 Å². The van der Waals surface area contributed by atoms with Gasteiger partial charge in [0.05, 0.1) is 12.1 Å². The van der Waals surface area contributed by atoms with Crippen LogP contribution >= 0.6 is 0 Å². The molecule has 11 heteroatoms. The fraction of sp³-hybridized carbons (Fsp3) is 0.750. The Morgan fingerprint density at radius 1 is 1.09 bits per heavy atom. The van der Waals surface area contributed by atoms with Gasteiger partial charge in [0, 0.05) is 13.8 Å². The number of amides is 1. The molecule has 0 aromatic rings. The van der Waals surface area contributed by atoms with Crippen molar-refractivity contribution >= 4 is 17.8 Å². The van der Waals surface area contributed by atoms with E-state index in [0.717, 1.165) is 13.8 Å². The Bertz CT molecular complexity index is 483. The van der Waals surface area contributed by atoms with Crippen molar-refractivity contribution in [3.8, 4) is 0 Å². The van der Waals surface area contributed by atoms with Gasteiger partial charge in [0.1, 0.15) is 0 Å². The molecule has 0 aromatic carbocycles. The van der Waals surface area contributed by atoms with E-state index < -0.39 is 54.7 Å².